The molecule has 2 heteroatoms. The van der Waals surface area contributed by atoms with Gasteiger partial charge in [0.1, 0.15) is 0 Å². The lowest BCUT2D eigenvalue weighted by molar-refractivity contribution is 0.0168. The molecule has 0 aromatic heterocycles. The second-order valence-electron chi connectivity index (χ2n) is 2.74. The van der Waals surface area contributed by atoms with E-state index in [0.29, 0.717) is 5.88 Å². The molecule has 1 aliphatic rings. The van der Waals surface area contributed by atoms with E-state index in [1.165, 1.54) is 6.42 Å². The molecule has 2 unspecified atom stereocenters. The third kappa shape index (κ3) is 1.84. The van der Waals surface area contributed by atoms with Gasteiger partial charge in [-0.15, -0.1) is 11.6 Å². The number of hydrogen-bond donors (Lipinski definition) is 0. The molecule has 1 aliphatic carbocycles. The van der Waals surface area contributed by atoms with Crippen molar-refractivity contribution in [3.05, 3.63) is 0 Å². The molecule has 0 saturated heterocycles. The highest BCUT2D eigenvalue weighted by molar-refractivity contribution is 6.18. The van der Waals surface area contributed by atoms with Crippen molar-refractivity contribution in [3.8, 4) is 0 Å². The number of alkyl halides is 1. The fourth-order valence-corrected chi connectivity index (χ4v) is 1.70. The van der Waals surface area contributed by atoms with Crippen LogP contribution in [0.4, 0.5) is 0 Å². The van der Waals surface area contributed by atoms with E-state index in [1.807, 2.05) is 0 Å². The van der Waals surface area contributed by atoms with Gasteiger partial charge in [0.25, 0.3) is 0 Å². The maximum Gasteiger partial charge on any atom is 0.0969 e. The van der Waals surface area contributed by atoms with Crippen LogP contribution in [0.1, 0.15) is 25.7 Å². The van der Waals surface area contributed by atoms with E-state index < -0.39 is 0 Å². The van der Waals surface area contributed by atoms with E-state index in [9.17, 15) is 5.11 Å². The maximum atomic E-state index is 11.0. The Balaban J connectivity index is 2.30. The van der Waals surface area contributed by atoms with E-state index in [4.69, 9.17) is 11.6 Å². The van der Waals surface area contributed by atoms with Crippen molar-refractivity contribution >= 4 is 11.6 Å². The van der Waals surface area contributed by atoms with Gasteiger partial charge < -0.3 is 0 Å². The third-order valence-electron chi connectivity index (χ3n) is 2.04. The minimum atomic E-state index is -0.365. The number of halogens is 1. The molecule has 0 bridgehead atoms. The molecule has 1 saturated carbocycles. The molecular formula is C7H12ClO. The zero-order chi connectivity index (χ0) is 6.69. The first kappa shape index (κ1) is 7.36. The van der Waals surface area contributed by atoms with Crippen LogP contribution in [-0.4, -0.2) is 12.0 Å². The number of hydrogen-bond acceptors (Lipinski definition) is 0. The van der Waals surface area contributed by atoms with Crippen LogP contribution < -0.4 is 0 Å². The average molecular weight is 148 g/mol. The van der Waals surface area contributed by atoms with E-state index in [-0.39, 0.29) is 12.0 Å². The topological polar surface area (TPSA) is 19.9 Å². The molecule has 1 radical (unpaired) electrons. The van der Waals surface area contributed by atoms with Crippen LogP contribution in [0.25, 0.3) is 0 Å². The summed E-state index contributed by atoms with van der Waals surface area (Å²) in [5.41, 5.74) is 0. The lowest BCUT2D eigenvalue weighted by Gasteiger charge is -2.23. The molecule has 0 N–H and O–H groups in total. The summed E-state index contributed by atoms with van der Waals surface area (Å²) in [6.07, 6.45) is 3.85. The Morgan fingerprint density at radius 3 is 2.44 bits per heavy atom. The molecule has 1 fully saturated rings. The first-order chi connectivity index (χ1) is 4.34. The summed E-state index contributed by atoms with van der Waals surface area (Å²) in [6.45, 7) is 0. The average Bonchev–Trinajstić information content (AvgIpc) is 1.89. The van der Waals surface area contributed by atoms with Crippen molar-refractivity contribution in [1.29, 1.82) is 0 Å². The zero-order valence-electron chi connectivity index (χ0n) is 5.48. The number of rotatable bonds is 1. The normalized spacial score (nSPS) is 36.7. The Morgan fingerprint density at radius 1 is 1.33 bits per heavy atom. The molecular weight excluding hydrogens is 136 g/mol. The summed E-state index contributed by atoms with van der Waals surface area (Å²) in [5.74, 6) is 0.828. The molecule has 0 heterocycles. The van der Waals surface area contributed by atoms with E-state index in [2.05, 4.69) is 0 Å². The standard InChI is InChI=1S/C7H12ClO/c8-5-6-3-1-2-4-7(6)9/h6-7H,1-5H2. The third-order valence-corrected chi connectivity index (χ3v) is 2.43. The molecule has 1 rings (SSSR count). The smallest absolute Gasteiger partial charge is 0.0969 e. The van der Waals surface area contributed by atoms with Crippen molar-refractivity contribution in [3.63, 3.8) is 0 Å². The van der Waals surface area contributed by atoms with Gasteiger partial charge >= 0.3 is 0 Å². The summed E-state index contributed by atoms with van der Waals surface area (Å²) in [7, 11) is 0. The summed E-state index contributed by atoms with van der Waals surface area (Å²) in [5, 5.41) is 11.0. The highest BCUT2D eigenvalue weighted by atomic mass is 35.5. The van der Waals surface area contributed by atoms with Gasteiger partial charge in [0.05, 0.1) is 6.10 Å². The monoisotopic (exact) mass is 147 g/mol. The van der Waals surface area contributed by atoms with Gasteiger partial charge in [0.2, 0.25) is 0 Å². The van der Waals surface area contributed by atoms with Crippen molar-refractivity contribution in [1.82, 2.24) is 0 Å². The second-order valence-corrected chi connectivity index (χ2v) is 3.05. The highest BCUT2D eigenvalue weighted by Gasteiger charge is 2.22. The van der Waals surface area contributed by atoms with Gasteiger partial charge in [-0.25, -0.2) is 5.11 Å². The Morgan fingerprint density at radius 2 is 2.00 bits per heavy atom. The van der Waals surface area contributed by atoms with E-state index >= 15 is 0 Å². The highest BCUT2D eigenvalue weighted by Crippen LogP contribution is 2.25. The van der Waals surface area contributed by atoms with Crippen LogP contribution in [0, 0.1) is 5.92 Å². The molecule has 0 amide bonds. The van der Waals surface area contributed by atoms with Crippen molar-refractivity contribution in [2.24, 2.45) is 5.92 Å². The minimum Gasteiger partial charge on any atom is -0.233 e. The molecule has 0 aromatic carbocycles. The van der Waals surface area contributed by atoms with E-state index in [1.54, 1.807) is 0 Å². The second kappa shape index (κ2) is 3.43. The van der Waals surface area contributed by atoms with Gasteiger partial charge in [-0.2, -0.15) is 0 Å². The van der Waals surface area contributed by atoms with Crippen LogP contribution in [0.15, 0.2) is 0 Å². The van der Waals surface area contributed by atoms with Crippen molar-refractivity contribution in [2.45, 2.75) is 31.8 Å². The Labute approximate surface area is 61.0 Å². The lowest BCUT2D eigenvalue weighted by atomic mass is 9.88. The minimum absolute atomic E-state index is 0.264. The quantitative estimate of drug-likeness (QED) is 0.507. The van der Waals surface area contributed by atoms with E-state index in [0.717, 1.165) is 19.3 Å². The fraction of sp³-hybridized carbons (Fsp3) is 1.00. The molecule has 0 aliphatic heterocycles. The molecule has 9 heavy (non-hydrogen) atoms. The fourth-order valence-electron chi connectivity index (χ4n) is 1.35. The molecule has 0 aromatic rings. The van der Waals surface area contributed by atoms with Gasteiger partial charge in [0, 0.05) is 11.8 Å². The largest absolute Gasteiger partial charge is 0.233 e. The van der Waals surface area contributed by atoms with Crippen LogP contribution in [0.5, 0.6) is 0 Å². The summed E-state index contributed by atoms with van der Waals surface area (Å²) in [6, 6.07) is 0. The summed E-state index contributed by atoms with van der Waals surface area (Å²) >= 11 is 5.58. The Hall–Kier alpha value is 0.250. The van der Waals surface area contributed by atoms with Crippen LogP contribution in [0.2, 0.25) is 0 Å². The maximum absolute atomic E-state index is 11.0. The van der Waals surface area contributed by atoms with Gasteiger partial charge in [0.15, 0.2) is 0 Å². The summed E-state index contributed by atoms with van der Waals surface area (Å²) in [4.78, 5) is 0. The van der Waals surface area contributed by atoms with Crippen molar-refractivity contribution in [2.75, 3.05) is 5.88 Å². The van der Waals surface area contributed by atoms with Crippen LogP contribution >= 0.6 is 11.6 Å². The molecule has 0 spiro atoms. The SMILES string of the molecule is [O]C1CCCCC1CCl. The molecule has 2 atom stereocenters. The zero-order valence-corrected chi connectivity index (χ0v) is 6.23. The van der Waals surface area contributed by atoms with Gasteiger partial charge in [-0.3, -0.25) is 0 Å². The predicted molar refractivity (Wildman–Crippen MR) is 37.2 cm³/mol. The van der Waals surface area contributed by atoms with Gasteiger partial charge in [-0.05, 0) is 12.8 Å². The molecule has 53 valence electrons. The van der Waals surface area contributed by atoms with Crippen LogP contribution in [-0.2, 0) is 5.11 Å². The van der Waals surface area contributed by atoms with Crippen LogP contribution in [0.3, 0.4) is 0 Å². The van der Waals surface area contributed by atoms with Crippen molar-refractivity contribution < 1.29 is 5.11 Å². The molecule has 1 nitrogen and oxygen atoms in total. The predicted octanol–water partition coefficient (Wildman–Crippen LogP) is 2.21. The Kier molecular flexibility index (Phi) is 2.80. The van der Waals surface area contributed by atoms with Gasteiger partial charge in [-0.1, -0.05) is 12.8 Å². The lowest BCUT2D eigenvalue weighted by Crippen LogP contribution is -2.24. The first-order valence-electron chi connectivity index (χ1n) is 3.56. The Bertz CT molecular complexity index is 85.0. The first-order valence-corrected chi connectivity index (χ1v) is 4.10. The summed E-state index contributed by atoms with van der Waals surface area (Å²) < 4.78 is 0.